The summed E-state index contributed by atoms with van der Waals surface area (Å²) in [5, 5.41) is 3.47. The zero-order chi connectivity index (χ0) is 24.4. The Balaban J connectivity index is 1.87. The van der Waals surface area contributed by atoms with Gasteiger partial charge < -0.3 is 24.4 Å². The minimum Gasteiger partial charge on any atom is -0.497 e. The third kappa shape index (κ3) is 4.26. The molecule has 0 fully saturated rings. The van der Waals surface area contributed by atoms with E-state index in [1.807, 2.05) is 24.3 Å². The van der Waals surface area contributed by atoms with Crippen LogP contribution in [0, 0.1) is 0 Å². The van der Waals surface area contributed by atoms with Crippen molar-refractivity contribution in [2.45, 2.75) is 12.0 Å². The molecule has 2 amide bonds. The topological polar surface area (TPSA) is 77.1 Å². The van der Waals surface area contributed by atoms with Crippen LogP contribution in [0.1, 0.15) is 33.4 Å². The first-order chi connectivity index (χ1) is 16.4. The van der Waals surface area contributed by atoms with E-state index in [1.54, 1.807) is 55.5 Å². The van der Waals surface area contributed by atoms with E-state index in [4.69, 9.17) is 25.8 Å². The molecule has 0 saturated carbocycles. The molecule has 1 heterocycles. The van der Waals surface area contributed by atoms with Crippen LogP contribution in [-0.2, 0) is 4.79 Å². The summed E-state index contributed by atoms with van der Waals surface area (Å²) >= 11 is 6.12. The van der Waals surface area contributed by atoms with Crippen molar-refractivity contribution in [1.29, 1.82) is 0 Å². The van der Waals surface area contributed by atoms with Crippen molar-refractivity contribution in [2.75, 3.05) is 33.7 Å². The molecule has 7 nitrogen and oxygen atoms in total. The van der Waals surface area contributed by atoms with E-state index in [2.05, 4.69) is 5.32 Å². The van der Waals surface area contributed by atoms with Crippen LogP contribution in [0.2, 0.25) is 5.02 Å². The third-order valence-corrected chi connectivity index (χ3v) is 6.24. The minimum absolute atomic E-state index is 0.219. The summed E-state index contributed by atoms with van der Waals surface area (Å²) in [5.41, 5.74) is 2.30. The molecule has 0 aromatic heterocycles. The van der Waals surface area contributed by atoms with E-state index in [0.717, 1.165) is 5.56 Å². The summed E-state index contributed by atoms with van der Waals surface area (Å²) in [6.45, 7) is 0. The Morgan fingerprint density at radius 3 is 2.24 bits per heavy atom. The number of carbonyl (C=O) groups is 2. The number of nitrogens with one attached hydrogen (secondary N) is 1. The fourth-order valence-electron chi connectivity index (χ4n) is 4.34. The molecule has 34 heavy (non-hydrogen) atoms. The molecule has 1 N–H and O–H groups in total. The number of ether oxygens (including phenoxy) is 3. The molecule has 2 atom stereocenters. The molecule has 0 bridgehead atoms. The highest BCUT2D eigenvalue weighted by Gasteiger charge is 2.43. The number of hydrogen-bond acceptors (Lipinski definition) is 5. The molecule has 0 spiro atoms. The summed E-state index contributed by atoms with van der Waals surface area (Å²) < 4.78 is 16.2. The third-order valence-electron chi connectivity index (χ3n) is 6.01. The Hall–Kier alpha value is -3.71. The van der Waals surface area contributed by atoms with E-state index in [1.165, 1.54) is 14.2 Å². The van der Waals surface area contributed by atoms with E-state index in [9.17, 15) is 9.59 Å². The first kappa shape index (κ1) is 23.4. The minimum atomic E-state index is -0.732. The Morgan fingerprint density at radius 1 is 0.941 bits per heavy atom. The number of amides is 2. The Kier molecular flexibility index (Phi) is 6.65. The maximum atomic E-state index is 13.8. The van der Waals surface area contributed by atoms with Crippen molar-refractivity contribution in [1.82, 2.24) is 4.90 Å². The van der Waals surface area contributed by atoms with Crippen molar-refractivity contribution in [3.63, 3.8) is 0 Å². The van der Waals surface area contributed by atoms with Gasteiger partial charge in [0.05, 0.1) is 33.3 Å². The Labute approximate surface area is 203 Å². The normalized spacial score (nSPS) is 17.1. The summed E-state index contributed by atoms with van der Waals surface area (Å²) in [6.07, 6.45) is 0. The van der Waals surface area contributed by atoms with Gasteiger partial charge in [-0.3, -0.25) is 9.59 Å². The van der Waals surface area contributed by atoms with Crippen molar-refractivity contribution in [2.24, 2.45) is 0 Å². The molecule has 3 aromatic carbocycles. The number of likely N-dealkylation sites (N-methyl/N-ethyl adjacent to an activating group) is 1. The second kappa shape index (κ2) is 9.65. The maximum Gasteiger partial charge on any atom is 0.254 e. The van der Waals surface area contributed by atoms with Crippen LogP contribution in [0.5, 0.6) is 17.2 Å². The monoisotopic (exact) mass is 480 g/mol. The van der Waals surface area contributed by atoms with Crippen LogP contribution < -0.4 is 19.5 Å². The SMILES string of the molecule is COc1ccc(C2C(C(=O)Nc3cccc(Cl)c3)c3cc(OC)c(OC)cc3C(=O)N2C)cc1. The van der Waals surface area contributed by atoms with E-state index in [0.29, 0.717) is 39.1 Å². The predicted octanol–water partition coefficient (Wildman–Crippen LogP) is 4.92. The standard InChI is InChI=1S/C26H25ClN2O5/c1-29-24(15-8-10-18(32-2)11-9-15)23(25(30)28-17-7-5-6-16(27)12-17)19-13-21(33-3)22(34-4)14-20(19)26(29)31/h5-14,23-24H,1-4H3,(H,28,30). The van der Waals surface area contributed by atoms with Gasteiger partial charge in [-0.15, -0.1) is 0 Å². The number of anilines is 1. The predicted molar refractivity (Wildman–Crippen MR) is 130 cm³/mol. The van der Waals surface area contributed by atoms with Gasteiger partial charge in [-0.2, -0.15) is 0 Å². The molecule has 176 valence electrons. The van der Waals surface area contributed by atoms with E-state index < -0.39 is 12.0 Å². The summed E-state index contributed by atoms with van der Waals surface area (Å²) in [5.74, 6) is 0.303. The van der Waals surface area contributed by atoms with Gasteiger partial charge in [0, 0.05) is 23.3 Å². The van der Waals surface area contributed by atoms with Crippen LogP contribution in [0.15, 0.2) is 60.7 Å². The molecule has 1 aliphatic rings. The summed E-state index contributed by atoms with van der Waals surface area (Å²) in [7, 11) is 6.30. The van der Waals surface area contributed by atoms with Gasteiger partial charge in [0.15, 0.2) is 11.5 Å². The van der Waals surface area contributed by atoms with Gasteiger partial charge in [0.1, 0.15) is 5.75 Å². The molecular weight excluding hydrogens is 456 g/mol. The first-order valence-corrected chi connectivity index (χ1v) is 11.0. The van der Waals surface area contributed by atoms with Crippen LogP contribution in [-0.4, -0.2) is 45.1 Å². The lowest BCUT2D eigenvalue weighted by Gasteiger charge is -2.40. The molecular formula is C26H25ClN2O5. The van der Waals surface area contributed by atoms with Gasteiger partial charge in [-0.05, 0) is 53.6 Å². The van der Waals surface area contributed by atoms with Crippen LogP contribution in [0.25, 0.3) is 0 Å². The number of fused-ring (bicyclic) bond motifs is 1. The highest BCUT2D eigenvalue weighted by molar-refractivity contribution is 6.30. The molecule has 2 unspecified atom stereocenters. The number of benzene rings is 3. The number of halogens is 1. The molecule has 3 aromatic rings. The number of nitrogens with zero attached hydrogens (tertiary/aromatic N) is 1. The van der Waals surface area contributed by atoms with Crippen LogP contribution in [0.3, 0.4) is 0 Å². The fourth-order valence-corrected chi connectivity index (χ4v) is 4.53. The lowest BCUT2D eigenvalue weighted by Crippen LogP contribution is -2.44. The van der Waals surface area contributed by atoms with Crippen molar-refractivity contribution in [3.05, 3.63) is 82.4 Å². The zero-order valence-corrected chi connectivity index (χ0v) is 20.1. The number of rotatable bonds is 6. The van der Waals surface area contributed by atoms with Crippen LogP contribution >= 0.6 is 11.6 Å². The first-order valence-electron chi connectivity index (χ1n) is 10.6. The van der Waals surface area contributed by atoms with Gasteiger partial charge in [-0.25, -0.2) is 0 Å². The molecule has 8 heteroatoms. The number of hydrogen-bond donors (Lipinski definition) is 1. The second-order valence-corrected chi connectivity index (χ2v) is 8.34. The van der Waals surface area contributed by atoms with Gasteiger partial charge in [0.25, 0.3) is 5.91 Å². The molecule has 0 radical (unpaired) electrons. The highest BCUT2D eigenvalue weighted by Crippen LogP contribution is 2.46. The Morgan fingerprint density at radius 2 is 1.62 bits per heavy atom. The maximum absolute atomic E-state index is 13.8. The molecule has 0 aliphatic carbocycles. The average molecular weight is 481 g/mol. The summed E-state index contributed by atoms with van der Waals surface area (Å²) in [6, 6.07) is 17.0. The van der Waals surface area contributed by atoms with Crippen molar-refractivity contribution < 1.29 is 23.8 Å². The molecule has 4 rings (SSSR count). The van der Waals surface area contributed by atoms with Gasteiger partial charge in [0.2, 0.25) is 5.91 Å². The average Bonchev–Trinajstić information content (AvgIpc) is 2.85. The lowest BCUT2D eigenvalue weighted by molar-refractivity contribution is -0.119. The smallest absolute Gasteiger partial charge is 0.254 e. The van der Waals surface area contributed by atoms with Crippen molar-refractivity contribution >= 4 is 29.1 Å². The molecule has 1 aliphatic heterocycles. The van der Waals surface area contributed by atoms with Crippen molar-refractivity contribution in [3.8, 4) is 17.2 Å². The zero-order valence-electron chi connectivity index (χ0n) is 19.3. The van der Waals surface area contributed by atoms with E-state index >= 15 is 0 Å². The Bertz CT molecular complexity index is 1230. The largest absolute Gasteiger partial charge is 0.497 e. The fraction of sp³-hybridized carbons (Fsp3) is 0.231. The number of methoxy groups -OCH3 is 3. The second-order valence-electron chi connectivity index (χ2n) is 7.91. The lowest BCUT2D eigenvalue weighted by atomic mass is 9.79. The van der Waals surface area contributed by atoms with Gasteiger partial charge in [-0.1, -0.05) is 29.8 Å². The van der Waals surface area contributed by atoms with Gasteiger partial charge >= 0.3 is 0 Å². The quantitative estimate of drug-likeness (QED) is 0.542. The van der Waals surface area contributed by atoms with Crippen LogP contribution in [0.4, 0.5) is 5.69 Å². The number of carbonyl (C=O) groups excluding carboxylic acids is 2. The highest BCUT2D eigenvalue weighted by atomic mass is 35.5. The van der Waals surface area contributed by atoms with E-state index in [-0.39, 0.29) is 11.8 Å². The molecule has 0 saturated heterocycles. The summed E-state index contributed by atoms with van der Waals surface area (Å²) in [4.78, 5) is 28.8.